The Morgan fingerprint density at radius 1 is 1.25 bits per heavy atom. The van der Waals surface area contributed by atoms with E-state index in [2.05, 4.69) is 36.9 Å². The second-order valence-electron chi connectivity index (χ2n) is 6.46. The van der Waals surface area contributed by atoms with Gasteiger partial charge in [0.25, 0.3) is 0 Å². The van der Waals surface area contributed by atoms with Gasteiger partial charge in [0.1, 0.15) is 5.75 Å². The first-order chi connectivity index (χ1) is 9.62. The molecule has 1 aromatic rings. The third-order valence-corrected chi connectivity index (χ3v) is 4.14. The van der Waals surface area contributed by atoms with E-state index in [1.165, 1.54) is 18.5 Å². The number of nitrogens with zero attached hydrogens (tertiary/aromatic N) is 1. The Balaban J connectivity index is 1.93. The molecule has 112 valence electrons. The van der Waals surface area contributed by atoms with Crippen LogP contribution in [0.15, 0.2) is 24.3 Å². The van der Waals surface area contributed by atoms with Crippen LogP contribution >= 0.6 is 0 Å². The molecule has 3 heteroatoms. The van der Waals surface area contributed by atoms with Crippen molar-refractivity contribution in [3.05, 3.63) is 24.3 Å². The summed E-state index contributed by atoms with van der Waals surface area (Å²) in [5.74, 6) is 1.03. The molecule has 2 rings (SSSR count). The monoisotopic (exact) mass is 276 g/mol. The van der Waals surface area contributed by atoms with Crippen molar-refractivity contribution in [2.24, 2.45) is 11.1 Å². The van der Waals surface area contributed by atoms with Gasteiger partial charge in [0.05, 0.1) is 12.3 Å². The molecule has 1 aliphatic rings. The topological polar surface area (TPSA) is 38.5 Å². The highest BCUT2D eigenvalue weighted by Gasteiger charge is 2.19. The molecule has 0 bridgehead atoms. The Morgan fingerprint density at radius 3 is 2.85 bits per heavy atom. The van der Waals surface area contributed by atoms with Crippen LogP contribution in [0.25, 0.3) is 0 Å². The third kappa shape index (κ3) is 4.14. The van der Waals surface area contributed by atoms with Crippen molar-refractivity contribution in [1.29, 1.82) is 0 Å². The predicted octanol–water partition coefficient (Wildman–Crippen LogP) is 3.43. The summed E-state index contributed by atoms with van der Waals surface area (Å²) in [7, 11) is 0. The molecule has 0 fully saturated rings. The van der Waals surface area contributed by atoms with Gasteiger partial charge in [0, 0.05) is 13.1 Å². The van der Waals surface area contributed by atoms with E-state index in [0.717, 1.165) is 44.8 Å². The fraction of sp³-hybridized carbons (Fsp3) is 0.647. The number of fused-ring (bicyclic) bond motifs is 1. The van der Waals surface area contributed by atoms with Crippen molar-refractivity contribution in [3.8, 4) is 5.75 Å². The number of hydrogen-bond donors (Lipinski definition) is 1. The van der Waals surface area contributed by atoms with Crippen LogP contribution in [0.3, 0.4) is 0 Å². The molecule has 0 spiro atoms. The Hall–Kier alpha value is -1.22. The number of para-hydroxylation sites is 2. The number of rotatable bonds is 6. The minimum absolute atomic E-state index is 0.358. The minimum Gasteiger partial charge on any atom is -0.491 e. The molecular formula is C17H28N2O. The van der Waals surface area contributed by atoms with Crippen molar-refractivity contribution >= 4 is 5.69 Å². The third-order valence-electron chi connectivity index (χ3n) is 4.14. The van der Waals surface area contributed by atoms with Crippen molar-refractivity contribution in [1.82, 2.24) is 0 Å². The second-order valence-corrected chi connectivity index (χ2v) is 6.46. The van der Waals surface area contributed by atoms with Crippen molar-refractivity contribution < 1.29 is 4.74 Å². The van der Waals surface area contributed by atoms with Crippen LogP contribution < -0.4 is 15.4 Å². The van der Waals surface area contributed by atoms with Crippen LogP contribution in [0.2, 0.25) is 0 Å². The van der Waals surface area contributed by atoms with Crippen LogP contribution in [0.1, 0.15) is 39.5 Å². The van der Waals surface area contributed by atoms with E-state index in [1.54, 1.807) is 0 Å². The highest BCUT2D eigenvalue weighted by atomic mass is 16.5. The molecule has 0 radical (unpaired) electrons. The molecule has 0 atom stereocenters. The summed E-state index contributed by atoms with van der Waals surface area (Å²) in [4.78, 5) is 2.47. The summed E-state index contributed by atoms with van der Waals surface area (Å²) in [6.07, 6.45) is 4.64. The summed E-state index contributed by atoms with van der Waals surface area (Å²) >= 11 is 0. The number of ether oxygens (including phenoxy) is 1. The predicted molar refractivity (Wildman–Crippen MR) is 85.5 cm³/mol. The van der Waals surface area contributed by atoms with Crippen molar-refractivity contribution in [3.63, 3.8) is 0 Å². The van der Waals surface area contributed by atoms with E-state index >= 15 is 0 Å². The molecule has 1 aliphatic heterocycles. The first-order valence-corrected chi connectivity index (χ1v) is 7.79. The fourth-order valence-corrected chi connectivity index (χ4v) is 2.89. The lowest BCUT2D eigenvalue weighted by Gasteiger charge is -2.28. The van der Waals surface area contributed by atoms with E-state index in [9.17, 15) is 0 Å². The van der Waals surface area contributed by atoms with E-state index in [0.29, 0.717) is 5.41 Å². The Bertz CT molecular complexity index is 417. The van der Waals surface area contributed by atoms with Crippen molar-refractivity contribution in [2.75, 3.05) is 31.1 Å². The molecule has 0 unspecified atom stereocenters. The van der Waals surface area contributed by atoms with Crippen LogP contribution in [0, 0.1) is 5.41 Å². The van der Waals surface area contributed by atoms with Gasteiger partial charge in [-0.2, -0.15) is 0 Å². The van der Waals surface area contributed by atoms with Crippen LogP contribution in [0.5, 0.6) is 5.75 Å². The second kappa shape index (κ2) is 6.98. The first kappa shape index (κ1) is 15.2. The maximum absolute atomic E-state index is 5.81. The standard InChI is InChI=1S/C17H28N2O/c1-17(2,10-11-18)9-5-12-19-13-6-14-20-16-8-4-3-7-15(16)19/h3-4,7-8H,5-6,9-14,18H2,1-2H3. The summed E-state index contributed by atoms with van der Waals surface area (Å²) in [5, 5.41) is 0. The smallest absolute Gasteiger partial charge is 0.142 e. The fourth-order valence-electron chi connectivity index (χ4n) is 2.89. The molecule has 0 aromatic heterocycles. The average Bonchev–Trinajstić information content (AvgIpc) is 2.61. The summed E-state index contributed by atoms with van der Waals surface area (Å²) in [6, 6.07) is 8.39. The zero-order valence-electron chi connectivity index (χ0n) is 12.9. The highest BCUT2D eigenvalue weighted by molar-refractivity contribution is 5.58. The van der Waals surface area contributed by atoms with Gasteiger partial charge in [-0.05, 0) is 49.8 Å². The zero-order chi connectivity index (χ0) is 14.4. The Labute approximate surface area is 123 Å². The van der Waals surface area contributed by atoms with Gasteiger partial charge in [0.15, 0.2) is 0 Å². The molecule has 0 saturated heterocycles. The van der Waals surface area contributed by atoms with Crippen LogP contribution in [0.4, 0.5) is 5.69 Å². The van der Waals surface area contributed by atoms with Crippen LogP contribution in [-0.4, -0.2) is 26.2 Å². The molecule has 20 heavy (non-hydrogen) atoms. The summed E-state index contributed by atoms with van der Waals surface area (Å²) in [6.45, 7) is 8.45. The maximum atomic E-state index is 5.81. The molecule has 3 nitrogen and oxygen atoms in total. The lowest BCUT2D eigenvalue weighted by molar-refractivity contribution is 0.305. The minimum atomic E-state index is 0.358. The molecule has 0 saturated carbocycles. The van der Waals surface area contributed by atoms with Gasteiger partial charge in [-0.25, -0.2) is 0 Å². The molecular weight excluding hydrogens is 248 g/mol. The first-order valence-electron chi connectivity index (χ1n) is 7.79. The Kier molecular flexibility index (Phi) is 5.30. The van der Waals surface area contributed by atoms with Gasteiger partial charge in [-0.1, -0.05) is 26.0 Å². The van der Waals surface area contributed by atoms with E-state index in [1.807, 2.05) is 6.07 Å². The largest absolute Gasteiger partial charge is 0.491 e. The van der Waals surface area contributed by atoms with Crippen molar-refractivity contribution in [2.45, 2.75) is 39.5 Å². The number of hydrogen-bond acceptors (Lipinski definition) is 3. The molecule has 1 aromatic carbocycles. The van der Waals surface area contributed by atoms with Gasteiger partial charge < -0.3 is 15.4 Å². The molecule has 1 heterocycles. The molecule has 0 amide bonds. The van der Waals surface area contributed by atoms with Gasteiger partial charge in [-0.3, -0.25) is 0 Å². The normalized spacial score (nSPS) is 15.4. The lowest BCUT2D eigenvalue weighted by atomic mass is 9.84. The van der Waals surface area contributed by atoms with E-state index in [4.69, 9.17) is 10.5 Å². The number of benzene rings is 1. The lowest BCUT2D eigenvalue weighted by Crippen LogP contribution is -2.26. The molecule has 0 aliphatic carbocycles. The van der Waals surface area contributed by atoms with Gasteiger partial charge in [0.2, 0.25) is 0 Å². The average molecular weight is 276 g/mol. The van der Waals surface area contributed by atoms with Gasteiger partial charge in [-0.15, -0.1) is 0 Å². The Morgan fingerprint density at radius 2 is 2.05 bits per heavy atom. The summed E-state index contributed by atoms with van der Waals surface area (Å²) in [5.41, 5.74) is 7.30. The maximum Gasteiger partial charge on any atom is 0.142 e. The van der Waals surface area contributed by atoms with E-state index in [-0.39, 0.29) is 0 Å². The SMILES string of the molecule is CC(C)(CCN)CCCN1CCCOc2ccccc21. The van der Waals surface area contributed by atoms with Crippen LogP contribution in [-0.2, 0) is 0 Å². The quantitative estimate of drug-likeness (QED) is 0.865. The number of nitrogens with two attached hydrogens (primary N) is 1. The highest BCUT2D eigenvalue weighted by Crippen LogP contribution is 2.32. The number of anilines is 1. The van der Waals surface area contributed by atoms with Gasteiger partial charge >= 0.3 is 0 Å². The molecule has 2 N–H and O–H groups in total. The summed E-state index contributed by atoms with van der Waals surface area (Å²) < 4.78 is 5.81. The van der Waals surface area contributed by atoms with E-state index < -0.39 is 0 Å². The zero-order valence-corrected chi connectivity index (χ0v) is 12.9.